The van der Waals surface area contributed by atoms with Gasteiger partial charge < -0.3 is 9.80 Å². The van der Waals surface area contributed by atoms with Crippen LogP contribution >= 0.6 is 11.6 Å². The van der Waals surface area contributed by atoms with E-state index in [4.69, 9.17) is 16.9 Å². The molecule has 0 unspecified atom stereocenters. The fourth-order valence-corrected chi connectivity index (χ4v) is 3.13. The molecule has 0 atom stereocenters. The molecule has 0 saturated carbocycles. The zero-order chi connectivity index (χ0) is 17.3. The van der Waals surface area contributed by atoms with Gasteiger partial charge in [0.05, 0.1) is 29.7 Å². The molecule has 3 rings (SSSR count). The minimum Gasteiger partial charge on any atom is -0.355 e. The van der Waals surface area contributed by atoms with Crippen LogP contribution < -0.4 is 4.90 Å². The summed E-state index contributed by atoms with van der Waals surface area (Å²) in [5.74, 6) is 0. The zero-order valence-corrected chi connectivity index (χ0v) is 14.5. The fraction of sp³-hybridized carbons (Fsp3) is 0.150. The summed E-state index contributed by atoms with van der Waals surface area (Å²) in [5.41, 5.74) is 5.85. The van der Waals surface area contributed by atoms with Crippen LogP contribution in [-0.4, -0.2) is 18.6 Å². The van der Waals surface area contributed by atoms with Crippen LogP contribution in [0.25, 0.3) is 6.08 Å². The first-order valence-electron chi connectivity index (χ1n) is 7.65. The lowest BCUT2D eigenvalue weighted by Gasteiger charge is -2.19. The highest BCUT2D eigenvalue weighted by molar-refractivity contribution is 6.31. The van der Waals surface area contributed by atoms with Gasteiger partial charge in [-0.3, -0.25) is 0 Å². The molecule has 120 valence electrons. The Hall–Kier alpha value is -2.70. The van der Waals surface area contributed by atoms with Crippen LogP contribution in [0.3, 0.4) is 0 Å². The average molecular weight is 336 g/mol. The second-order valence-corrected chi connectivity index (χ2v) is 6.40. The Morgan fingerprint density at radius 3 is 2.54 bits per heavy atom. The van der Waals surface area contributed by atoms with Crippen LogP contribution in [0.1, 0.15) is 16.7 Å². The molecule has 1 saturated heterocycles. The molecule has 2 aromatic carbocycles. The van der Waals surface area contributed by atoms with Crippen LogP contribution in [0.5, 0.6) is 0 Å². The normalized spacial score (nSPS) is 15.9. The fourth-order valence-electron chi connectivity index (χ4n) is 2.85. The first kappa shape index (κ1) is 16.2. The van der Waals surface area contributed by atoms with Gasteiger partial charge in [0.15, 0.2) is 0 Å². The molecule has 0 aromatic heterocycles. The van der Waals surface area contributed by atoms with Gasteiger partial charge in [0, 0.05) is 17.8 Å². The number of nitrogens with zero attached hydrogens (tertiary/aromatic N) is 3. The predicted octanol–water partition coefficient (Wildman–Crippen LogP) is 4.78. The lowest BCUT2D eigenvalue weighted by Crippen LogP contribution is -2.21. The molecular weight excluding hydrogens is 318 g/mol. The molecular formula is C20H18ClN3. The number of nitriles is 1. The minimum absolute atomic E-state index is 0.659. The van der Waals surface area contributed by atoms with Crippen molar-refractivity contribution in [2.45, 2.75) is 6.92 Å². The largest absolute Gasteiger partial charge is 0.355 e. The molecule has 0 radical (unpaired) electrons. The monoisotopic (exact) mass is 335 g/mol. The van der Waals surface area contributed by atoms with Crippen LogP contribution in [0, 0.1) is 18.3 Å². The lowest BCUT2D eigenvalue weighted by atomic mass is 10.1. The molecule has 0 bridgehead atoms. The van der Waals surface area contributed by atoms with Gasteiger partial charge in [-0.05, 0) is 54.5 Å². The molecule has 0 spiro atoms. The van der Waals surface area contributed by atoms with Gasteiger partial charge in [-0.1, -0.05) is 30.3 Å². The van der Waals surface area contributed by atoms with Crippen LogP contribution in [-0.2, 0) is 0 Å². The Morgan fingerprint density at radius 1 is 1.21 bits per heavy atom. The SMILES string of the molecule is C=C1/C(=C\c2ccc(C#N)cc2)N(C)CN1c1cc(C)cc(Cl)c1. The van der Waals surface area contributed by atoms with E-state index in [2.05, 4.69) is 34.6 Å². The molecule has 0 amide bonds. The predicted molar refractivity (Wildman–Crippen MR) is 99.6 cm³/mol. The molecule has 1 aliphatic rings. The number of rotatable bonds is 2. The zero-order valence-electron chi connectivity index (χ0n) is 13.8. The van der Waals surface area contributed by atoms with Gasteiger partial charge in [0.2, 0.25) is 0 Å². The van der Waals surface area contributed by atoms with Crippen LogP contribution in [0.2, 0.25) is 5.02 Å². The van der Waals surface area contributed by atoms with E-state index < -0.39 is 0 Å². The van der Waals surface area contributed by atoms with Gasteiger partial charge in [-0.15, -0.1) is 0 Å². The first-order valence-corrected chi connectivity index (χ1v) is 8.03. The molecule has 1 heterocycles. The van der Waals surface area contributed by atoms with Crippen molar-refractivity contribution < 1.29 is 0 Å². The molecule has 0 N–H and O–H groups in total. The minimum atomic E-state index is 0.659. The number of aryl methyl sites for hydroxylation is 1. The van der Waals surface area contributed by atoms with Gasteiger partial charge in [0.25, 0.3) is 0 Å². The molecule has 24 heavy (non-hydrogen) atoms. The van der Waals surface area contributed by atoms with E-state index >= 15 is 0 Å². The van der Waals surface area contributed by atoms with E-state index in [1.807, 2.05) is 50.4 Å². The van der Waals surface area contributed by atoms with Crippen molar-refractivity contribution in [3.63, 3.8) is 0 Å². The number of hydrogen-bond donors (Lipinski definition) is 0. The number of halogens is 1. The second kappa shape index (κ2) is 6.43. The maximum atomic E-state index is 8.90. The van der Waals surface area contributed by atoms with Crippen molar-refractivity contribution >= 4 is 23.4 Å². The van der Waals surface area contributed by atoms with Crippen molar-refractivity contribution in [2.75, 3.05) is 18.6 Å². The third-order valence-corrected chi connectivity index (χ3v) is 4.29. The van der Waals surface area contributed by atoms with Crippen molar-refractivity contribution in [3.8, 4) is 6.07 Å². The van der Waals surface area contributed by atoms with E-state index in [0.717, 1.165) is 39.9 Å². The Balaban J connectivity index is 1.92. The summed E-state index contributed by atoms with van der Waals surface area (Å²) in [5, 5.41) is 9.62. The molecule has 1 fully saturated rings. The Kier molecular flexibility index (Phi) is 4.33. The second-order valence-electron chi connectivity index (χ2n) is 5.96. The maximum Gasteiger partial charge on any atom is 0.0991 e. The number of benzene rings is 2. The number of likely N-dealkylation sites (N-methyl/N-ethyl adjacent to an activating group) is 1. The lowest BCUT2D eigenvalue weighted by molar-refractivity contribution is 0.485. The number of anilines is 1. The van der Waals surface area contributed by atoms with E-state index in [1.165, 1.54) is 0 Å². The maximum absolute atomic E-state index is 8.90. The van der Waals surface area contributed by atoms with E-state index in [1.54, 1.807) is 0 Å². The standard InChI is InChI=1S/C20H18ClN3/c1-14-8-18(21)11-19(9-14)24-13-23(3)20(15(24)2)10-16-4-6-17(12-22)7-5-16/h4-11H,2,13H2,1,3H3/b20-10+. The molecule has 1 aliphatic heterocycles. The van der Waals surface area contributed by atoms with Crippen molar-refractivity contribution in [3.05, 3.63) is 82.2 Å². The van der Waals surface area contributed by atoms with Gasteiger partial charge in [-0.25, -0.2) is 0 Å². The van der Waals surface area contributed by atoms with E-state index in [9.17, 15) is 0 Å². The Labute approximate surface area is 147 Å². The highest BCUT2D eigenvalue weighted by atomic mass is 35.5. The molecule has 2 aromatic rings. The van der Waals surface area contributed by atoms with Crippen molar-refractivity contribution in [1.82, 2.24) is 4.90 Å². The summed E-state index contributed by atoms with van der Waals surface area (Å²) < 4.78 is 0. The van der Waals surface area contributed by atoms with Crippen LogP contribution in [0.4, 0.5) is 5.69 Å². The Morgan fingerprint density at radius 2 is 1.92 bits per heavy atom. The average Bonchev–Trinajstić information content (AvgIpc) is 2.83. The topological polar surface area (TPSA) is 30.3 Å². The highest BCUT2D eigenvalue weighted by Gasteiger charge is 2.26. The highest BCUT2D eigenvalue weighted by Crippen LogP contribution is 2.33. The summed E-state index contributed by atoms with van der Waals surface area (Å²) in [6, 6.07) is 15.7. The van der Waals surface area contributed by atoms with E-state index in [-0.39, 0.29) is 0 Å². The third-order valence-electron chi connectivity index (χ3n) is 4.07. The van der Waals surface area contributed by atoms with Crippen molar-refractivity contribution in [1.29, 1.82) is 5.26 Å². The number of hydrogen-bond acceptors (Lipinski definition) is 3. The van der Waals surface area contributed by atoms with Gasteiger partial charge in [0.1, 0.15) is 0 Å². The van der Waals surface area contributed by atoms with E-state index in [0.29, 0.717) is 5.56 Å². The van der Waals surface area contributed by atoms with Crippen molar-refractivity contribution in [2.24, 2.45) is 0 Å². The third kappa shape index (κ3) is 3.15. The first-order chi connectivity index (χ1) is 11.5. The summed E-state index contributed by atoms with van der Waals surface area (Å²) in [4.78, 5) is 4.30. The molecule has 0 aliphatic carbocycles. The summed E-state index contributed by atoms with van der Waals surface area (Å²) >= 11 is 6.20. The summed E-state index contributed by atoms with van der Waals surface area (Å²) in [6.45, 7) is 7.01. The van der Waals surface area contributed by atoms with Gasteiger partial charge in [-0.2, -0.15) is 5.26 Å². The smallest absolute Gasteiger partial charge is 0.0991 e. The Bertz CT molecular complexity index is 839. The summed E-state index contributed by atoms with van der Waals surface area (Å²) in [7, 11) is 2.04. The summed E-state index contributed by atoms with van der Waals surface area (Å²) in [6.07, 6.45) is 2.08. The van der Waals surface area contributed by atoms with Gasteiger partial charge >= 0.3 is 0 Å². The quantitative estimate of drug-likeness (QED) is 0.790. The molecule has 3 nitrogen and oxygen atoms in total. The molecule has 4 heteroatoms. The van der Waals surface area contributed by atoms with Crippen LogP contribution in [0.15, 0.2) is 60.4 Å².